The van der Waals surface area contributed by atoms with Gasteiger partial charge in [0.2, 0.25) is 0 Å². The van der Waals surface area contributed by atoms with Gasteiger partial charge in [-0.3, -0.25) is 4.98 Å². The second-order valence-electron chi connectivity index (χ2n) is 3.73. The molecule has 0 aliphatic rings. The van der Waals surface area contributed by atoms with Crippen LogP contribution in [-0.4, -0.2) is 17.1 Å². The lowest BCUT2D eigenvalue weighted by atomic mass is 10.2. The van der Waals surface area contributed by atoms with Crippen LogP contribution >= 0.6 is 23.8 Å². The minimum Gasteiger partial charge on any atom is -0.497 e. The van der Waals surface area contributed by atoms with Crippen molar-refractivity contribution in [3.63, 3.8) is 0 Å². The van der Waals surface area contributed by atoms with E-state index in [-0.39, 0.29) is 4.99 Å². The van der Waals surface area contributed by atoms with Crippen LogP contribution in [-0.2, 0) is 0 Å². The Bertz CT molecular complexity index is 619. The van der Waals surface area contributed by atoms with Crippen molar-refractivity contribution in [1.82, 2.24) is 4.98 Å². The maximum absolute atomic E-state index is 6.13. The van der Waals surface area contributed by atoms with Crippen LogP contribution in [0.5, 0.6) is 5.75 Å². The van der Waals surface area contributed by atoms with Gasteiger partial charge in [0, 0.05) is 12.3 Å². The van der Waals surface area contributed by atoms with Gasteiger partial charge in [0.05, 0.1) is 23.5 Å². The van der Waals surface area contributed by atoms with Gasteiger partial charge in [-0.15, -0.1) is 0 Å². The fourth-order valence-corrected chi connectivity index (χ4v) is 1.90. The molecule has 0 radical (unpaired) electrons. The molecule has 3 N–H and O–H groups in total. The molecular weight excluding hydrogens is 282 g/mol. The van der Waals surface area contributed by atoms with E-state index < -0.39 is 0 Å². The molecule has 0 aliphatic carbocycles. The molecule has 4 nitrogen and oxygen atoms in total. The first kappa shape index (κ1) is 13.6. The van der Waals surface area contributed by atoms with Crippen LogP contribution in [0.15, 0.2) is 36.5 Å². The SMILES string of the molecule is COc1ccc(Cl)c(Nc2cccnc2C(N)=S)c1. The second kappa shape index (κ2) is 5.86. The molecule has 0 fully saturated rings. The standard InChI is InChI=1S/C13H12ClN3OS/c1-18-8-4-5-9(14)11(7-8)17-10-3-2-6-16-12(10)13(15)19/h2-7,17H,1H3,(H2,15,19). The number of hydrogen-bond acceptors (Lipinski definition) is 4. The van der Waals surface area contributed by atoms with Crippen molar-refractivity contribution in [2.45, 2.75) is 0 Å². The number of aromatic nitrogens is 1. The van der Waals surface area contributed by atoms with Gasteiger partial charge in [-0.2, -0.15) is 0 Å². The van der Waals surface area contributed by atoms with Gasteiger partial charge in [0.15, 0.2) is 0 Å². The summed E-state index contributed by atoms with van der Waals surface area (Å²) in [5.41, 5.74) is 7.56. The van der Waals surface area contributed by atoms with E-state index in [1.54, 1.807) is 37.6 Å². The highest BCUT2D eigenvalue weighted by Crippen LogP contribution is 2.30. The number of pyridine rings is 1. The molecule has 0 saturated carbocycles. The number of rotatable bonds is 4. The predicted octanol–water partition coefficient (Wildman–Crippen LogP) is 3.12. The van der Waals surface area contributed by atoms with Gasteiger partial charge < -0.3 is 15.8 Å². The van der Waals surface area contributed by atoms with Crippen LogP contribution in [0.1, 0.15) is 5.69 Å². The van der Waals surface area contributed by atoms with Crippen molar-refractivity contribution in [2.75, 3.05) is 12.4 Å². The summed E-state index contributed by atoms with van der Waals surface area (Å²) in [6.07, 6.45) is 1.63. The number of ether oxygens (including phenoxy) is 1. The zero-order chi connectivity index (χ0) is 13.8. The number of methoxy groups -OCH3 is 1. The second-order valence-corrected chi connectivity index (χ2v) is 4.58. The third kappa shape index (κ3) is 3.13. The molecule has 0 aliphatic heterocycles. The van der Waals surface area contributed by atoms with Crippen LogP contribution in [0.25, 0.3) is 0 Å². The molecule has 0 amide bonds. The van der Waals surface area contributed by atoms with Crippen molar-refractivity contribution < 1.29 is 4.74 Å². The quantitative estimate of drug-likeness (QED) is 0.848. The molecule has 1 heterocycles. The number of hydrogen-bond donors (Lipinski definition) is 2. The van der Waals surface area contributed by atoms with E-state index in [0.717, 1.165) is 0 Å². The highest BCUT2D eigenvalue weighted by atomic mass is 35.5. The summed E-state index contributed by atoms with van der Waals surface area (Å²) in [5, 5.41) is 3.72. The summed E-state index contributed by atoms with van der Waals surface area (Å²) >= 11 is 11.1. The molecule has 0 spiro atoms. The normalized spacial score (nSPS) is 10.0. The molecule has 1 aromatic heterocycles. The number of thiocarbonyl (C=S) groups is 1. The van der Waals surface area contributed by atoms with Gasteiger partial charge in [0.25, 0.3) is 0 Å². The Hall–Kier alpha value is -1.85. The van der Waals surface area contributed by atoms with Crippen molar-refractivity contribution in [3.05, 3.63) is 47.2 Å². The fraction of sp³-hybridized carbons (Fsp3) is 0.0769. The summed E-state index contributed by atoms with van der Waals surface area (Å²) in [6, 6.07) is 8.94. The Kier molecular flexibility index (Phi) is 4.19. The van der Waals surface area contributed by atoms with E-state index in [9.17, 15) is 0 Å². The van der Waals surface area contributed by atoms with Crippen LogP contribution in [0.3, 0.4) is 0 Å². The average Bonchev–Trinajstić information content (AvgIpc) is 2.41. The van der Waals surface area contributed by atoms with E-state index in [2.05, 4.69) is 10.3 Å². The number of halogens is 1. The van der Waals surface area contributed by atoms with Crippen LogP contribution in [0, 0.1) is 0 Å². The molecule has 0 unspecified atom stereocenters. The molecule has 0 atom stereocenters. The van der Waals surface area contributed by atoms with Gasteiger partial charge in [0.1, 0.15) is 16.4 Å². The number of nitrogens with one attached hydrogen (secondary N) is 1. The van der Waals surface area contributed by atoms with Crippen molar-refractivity contribution >= 4 is 40.2 Å². The van der Waals surface area contributed by atoms with Gasteiger partial charge in [-0.05, 0) is 24.3 Å². The highest BCUT2D eigenvalue weighted by Gasteiger charge is 2.09. The molecule has 19 heavy (non-hydrogen) atoms. The predicted molar refractivity (Wildman–Crippen MR) is 81.4 cm³/mol. The van der Waals surface area contributed by atoms with Gasteiger partial charge >= 0.3 is 0 Å². The highest BCUT2D eigenvalue weighted by molar-refractivity contribution is 7.80. The minimum atomic E-state index is 0.224. The number of nitrogens with two attached hydrogens (primary N) is 1. The van der Waals surface area contributed by atoms with Crippen LogP contribution in [0.2, 0.25) is 5.02 Å². The van der Waals surface area contributed by atoms with Crippen LogP contribution in [0.4, 0.5) is 11.4 Å². The topological polar surface area (TPSA) is 60.2 Å². The van der Waals surface area contributed by atoms with Crippen molar-refractivity contribution in [2.24, 2.45) is 5.73 Å². The maximum atomic E-state index is 6.13. The molecule has 6 heteroatoms. The first-order valence-corrected chi connectivity index (χ1v) is 6.26. The first-order valence-electron chi connectivity index (χ1n) is 5.47. The summed E-state index contributed by atoms with van der Waals surface area (Å²) in [4.78, 5) is 4.37. The zero-order valence-corrected chi connectivity index (χ0v) is 11.8. The third-order valence-corrected chi connectivity index (χ3v) is 3.01. The molecule has 0 bridgehead atoms. The van der Waals surface area contributed by atoms with E-state index in [4.69, 9.17) is 34.3 Å². The minimum absolute atomic E-state index is 0.224. The number of benzene rings is 1. The largest absolute Gasteiger partial charge is 0.497 e. The summed E-state index contributed by atoms with van der Waals surface area (Å²) in [5.74, 6) is 0.702. The third-order valence-electron chi connectivity index (χ3n) is 2.48. The monoisotopic (exact) mass is 293 g/mol. The van der Waals surface area contributed by atoms with Gasteiger partial charge in [-0.1, -0.05) is 23.8 Å². The summed E-state index contributed by atoms with van der Waals surface area (Å²) in [7, 11) is 1.59. The summed E-state index contributed by atoms with van der Waals surface area (Å²) in [6.45, 7) is 0. The zero-order valence-electron chi connectivity index (χ0n) is 10.2. The Morgan fingerprint density at radius 3 is 2.84 bits per heavy atom. The maximum Gasteiger partial charge on any atom is 0.124 e. The smallest absolute Gasteiger partial charge is 0.124 e. The van der Waals surface area contributed by atoms with Crippen molar-refractivity contribution in [1.29, 1.82) is 0 Å². The Morgan fingerprint density at radius 2 is 2.16 bits per heavy atom. The van der Waals surface area contributed by atoms with E-state index >= 15 is 0 Å². The van der Waals surface area contributed by atoms with Gasteiger partial charge in [-0.25, -0.2) is 0 Å². The number of nitrogens with zero attached hydrogens (tertiary/aromatic N) is 1. The lowest BCUT2D eigenvalue weighted by Crippen LogP contribution is -2.13. The lowest BCUT2D eigenvalue weighted by molar-refractivity contribution is 0.415. The van der Waals surface area contributed by atoms with E-state index in [1.807, 2.05) is 6.07 Å². The Labute approximate surface area is 121 Å². The molecule has 98 valence electrons. The molecule has 2 aromatic rings. The van der Waals surface area contributed by atoms with E-state index in [1.165, 1.54) is 0 Å². The summed E-state index contributed by atoms with van der Waals surface area (Å²) < 4.78 is 5.16. The van der Waals surface area contributed by atoms with Crippen molar-refractivity contribution in [3.8, 4) is 5.75 Å². The molecule has 0 saturated heterocycles. The fourth-order valence-electron chi connectivity index (χ4n) is 1.57. The first-order chi connectivity index (χ1) is 9.11. The van der Waals surface area contributed by atoms with E-state index in [0.29, 0.717) is 27.8 Å². The number of anilines is 2. The van der Waals surface area contributed by atoms with Crippen LogP contribution < -0.4 is 15.8 Å². The molecule has 2 rings (SSSR count). The molecular formula is C13H12ClN3OS. The lowest BCUT2D eigenvalue weighted by Gasteiger charge is -2.12. The Morgan fingerprint density at radius 1 is 1.37 bits per heavy atom. The Balaban J connectivity index is 2.38. The average molecular weight is 294 g/mol. The molecule has 1 aromatic carbocycles.